The molecule has 2 N–H and O–H groups in total. The van der Waals surface area contributed by atoms with Gasteiger partial charge in [0.05, 0.1) is 18.2 Å². The first kappa shape index (κ1) is 11.8. The minimum atomic E-state index is -3.17. The molecule has 3 nitrogen and oxygen atoms in total. The van der Waals surface area contributed by atoms with Gasteiger partial charge >= 0.3 is 0 Å². The van der Waals surface area contributed by atoms with Crippen LogP contribution in [0.5, 0.6) is 0 Å². The maximum Gasteiger partial charge on any atom is 0.152 e. The molecule has 0 radical (unpaired) electrons. The van der Waals surface area contributed by atoms with Crippen molar-refractivity contribution in [3.8, 4) is 0 Å². The van der Waals surface area contributed by atoms with E-state index in [1.165, 1.54) is 0 Å². The Morgan fingerprint density at radius 1 is 1.42 bits per heavy atom. The summed E-state index contributed by atoms with van der Waals surface area (Å²) in [5.41, 5.74) is 4.79. The van der Waals surface area contributed by atoms with Gasteiger partial charge in [0.25, 0.3) is 0 Å². The minimum Gasteiger partial charge on any atom is -0.325 e. The molecule has 12 heavy (non-hydrogen) atoms. The fraction of sp³-hybridized carbons (Fsp3) is 1.00. The largest absolute Gasteiger partial charge is 0.325 e. The van der Waals surface area contributed by atoms with E-state index < -0.39 is 22.1 Å². The van der Waals surface area contributed by atoms with Crippen molar-refractivity contribution in [3.63, 3.8) is 0 Å². The van der Waals surface area contributed by atoms with Crippen molar-refractivity contribution in [2.24, 2.45) is 5.73 Å². The average Bonchev–Trinajstić information content (AvgIpc) is 1.78. The zero-order valence-electron chi connectivity index (χ0n) is 7.51. The van der Waals surface area contributed by atoms with E-state index in [-0.39, 0.29) is 17.9 Å². The van der Waals surface area contributed by atoms with Gasteiger partial charge in [-0.2, -0.15) is 0 Å². The van der Waals surface area contributed by atoms with Crippen LogP contribution in [-0.4, -0.2) is 32.1 Å². The van der Waals surface area contributed by atoms with Crippen molar-refractivity contribution in [1.82, 2.24) is 0 Å². The summed E-state index contributed by atoms with van der Waals surface area (Å²) in [6, 6.07) is 0. The number of hydrogen-bond donors (Lipinski definition) is 1. The normalized spacial score (nSPS) is 13.3. The molecule has 0 aliphatic heterocycles. The second-order valence-corrected chi connectivity index (χ2v) is 5.81. The minimum absolute atomic E-state index is 0.0679. The molecule has 0 aromatic rings. The van der Waals surface area contributed by atoms with Crippen molar-refractivity contribution in [2.75, 3.05) is 18.2 Å². The summed E-state index contributed by atoms with van der Waals surface area (Å²) >= 11 is 0. The van der Waals surface area contributed by atoms with E-state index in [9.17, 15) is 12.8 Å². The SMILES string of the molecule is CC(C)(N)CS(=O)(=O)CCCF. The first-order valence-electron chi connectivity index (χ1n) is 3.82. The van der Waals surface area contributed by atoms with Crippen LogP contribution in [0.25, 0.3) is 0 Å². The van der Waals surface area contributed by atoms with Crippen LogP contribution >= 0.6 is 0 Å². The van der Waals surface area contributed by atoms with Crippen LogP contribution in [0, 0.1) is 0 Å². The van der Waals surface area contributed by atoms with E-state index in [2.05, 4.69) is 0 Å². The number of rotatable bonds is 5. The number of alkyl halides is 1. The Bertz CT molecular complexity index is 218. The second kappa shape index (κ2) is 4.18. The van der Waals surface area contributed by atoms with Crippen molar-refractivity contribution >= 4 is 9.84 Å². The monoisotopic (exact) mass is 197 g/mol. The van der Waals surface area contributed by atoms with Crippen LogP contribution in [0.2, 0.25) is 0 Å². The number of sulfone groups is 1. The Labute approximate surface area is 73.1 Å². The van der Waals surface area contributed by atoms with E-state index in [1.807, 2.05) is 0 Å². The standard InChI is InChI=1S/C7H16FNO2S/c1-7(2,9)6-12(10,11)5-3-4-8/h3-6,9H2,1-2H3. The average molecular weight is 197 g/mol. The summed E-state index contributed by atoms with van der Waals surface area (Å²) in [6.45, 7) is 2.68. The Balaban J connectivity index is 4.06. The van der Waals surface area contributed by atoms with E-state index in [4.69, 9.17) is 5.73 Å². The van der Waals surface area contributed by atoms with Gasteiger partial charge < -0.3 is 5.73 Å². The van der Waals surface area contributed by atoms with Crippen molar-refractivity contribution in [3.05, 3.63) is 0 Å². The molecule has 0 aliphatic rings. The highest BCUT2D eigenvalue weighted by molar-refractivity contribution is 7.91. The molecule has 0 aromatic heterocycles. The van der Waals surface area contributed by atoms with Gasteiger partial charge in [-0.05, 0) is 20.3 Å². The van der Waals surface area contributed by atoms with E-state index in [1.54, 1.807) is 13.8 Å². The molecule has 74 valence electrons. The molecule has 0 heterocycles. The van der Waals surface area contributed by atoms with Crippen molar-refractivity contribution in [1.29, 1.82) is 0 Å². The molecule has 0 rings (SSSR count). The molecule has 0 atom stereocenters. The summed E-state index contributed by atoms with van der Waals surface area (Å²) in [5.74, 6) is -0.190. The number of nitrogens with two attached hydrogens (primary N) is 1. The molecule has 0 bridgehead atoms. The van der Waals surface area contributed by atoms with E-state index in [0.717, 1.165) is 0 Å². The van der Waals surface area contributed by atoms with Crippen LogP contribution in [0.1, 0.15) is 20.3 Å². The zero-order valence-corrected chi connectivity index (χ0v) is 8.32. The molecule has 0 unspecified atom stereocenters. The molecular weight excluding hydrogens is 181 g/mol. The summed E-state index contributed by atoms with van der Waals surface area (Å²) in [4.78, 5) is 0. The first-order chi connectivity index (χ1) is 5.27. The van der Waals surface area contributed by atoms with E-state index in [0.29, 0.717) is 0 Å². The van der Waals surface area contributed by atoms with Gasteiger partial charge in [-0.1, -0.05) is 0 Å². The topological polar surface area (TPSA) is 60.2 Å². The lowest BCUT2D eigenvalue weighted by molar-refractivity contribution is 0.481. The predicted molar refractivity (Wildman–Crippen MR) is 47.5 cm³/mol. The summed E-state index contributed by atoms with van der Waals surface area (Å²) in [5, 5.41) is 0. The molecule has 5 heteroatoms. The van der Waals surface area contributed by atoms with Crippen LogP contribution < -0.4 is 5.73 Å². The quantitative estimate of drug-likeness (QED) is 0.698. The zero-order chi connectivity index (χ0) is 9.83. The molecule has 0 saturated carbocycles. The Morgan fingerprint density at radius 3 is 2.25 bits per heavy atom. The molecule has 0 amide bonds. The second-order valence-electron chi connectivity index (χ2n) is 3.62. The summed E-state index contributed by atoms with van der Waals surface area (Å²) in [6.07, 6.45) is 0.0679. The fourth-order valence-corrected chi connectivity index (χ4v) is 2.74. The highest BCUT2D eigenvalue weighted by Gasteiger charge is 2.21. The van der Waals surface area contributed by atoms with Crippen LogP contribution in [0.4, 0.5) is 4.39 Å². The van der Waals surface area contributed by atoms with Gasteiger partial charge in [0.15, 0.2) is 9.84 Å². The van der Waals surface area contributed by atoms with Gasteiger partial charge in [0.2, 0.25) is 0 Å². The third kappa shape index (κ3) is 6.54. The van der Waals surface area contributed by atoms with Gasteiger partial charge in [-0.15, -0.1) is 0 Å². The Morgan fingerprint density at radius 2 is 1.92 bits per heavy atom. The first-order valence-corrected chi connectivity index (χ1v) is 5.64. The third-order valence-corrected chi connectivity index (χ3v) is 3.28. The van der Waals surface area contributed by atoms with E-state index >= 15 is 0 Å². The number of hydrogen-bond acceptors (Lipinski definition) is 3. The molecule has 0 aromatic carbocycles. The fourth-order valence-electron chi connectivity index (χ4n) is 0.913. The smallest absolute Gasteiger partial charge is 0.152 e. The summed E-state index contributed by atoms with van der Waals surface area (Å²) in [7, 11) is -3.17. The van der Waals surface area contributed by atoms with Gasteiger partial charge in [0, 0.05) is 5.54 Å². The van der Waals surface area contributed by atoms with Crippen LogP contribution in [0.3, 0.4) is 0 Å². The Kier molecular flexibility index (Phi) is 4.13. The highest BCUT2D eigenvalue weighted by Crippen LogP contribution is 2.04. The van der Waals surface area contributed by atoms with Crippen molar-refractivity contribution in [2.45, 2.75) is 25.8 Å². The summed E-state index contributed by atoms with van der Waals surface area (Å²) < 4.78 is 34.0. The van der Waals surface area contributed by atoms with Crippen molar-refractivity contribution < 1.29 is 12.8 Å². The Hall–Kier alpha value is -0.160. The molecule has 0 fully saturated rings. The highest BCUT2D eigenvalue weighted by atomic mass is 32.2. The maximum atomic E-state index is 11.7. The third-order valence-electron chi connectivity index (χ3n) is 1.18. The lowest BCUT2D eigenvalue weighted by Gasteiger charge is -2.17. The van der Waals surface area contributed by atoms with Crippen LogP contribution in [-0.2, 0) is 9.84 Å². The van der Waals surface area contributed by atoms with Gasteiger partial charge in [-0.3, -0.25) is 4.39 Å². The molecule has 0 spiro atoms. The van der Waals surface area contributed by atoms with Gasteiger partial charge in [0.1, 0.15) is 0 Å². The van der Waals surface area contributed by atoms with Gasteiger partial charge in [-0.25, -0.2) is 8.42 Å². The molecular formula is C7H16FNO2S. The lowest BCUT2D eigenvalue weighted by Crippen LogP contribution is -2.40. The molecule has 0 aliphatic carbocycles. The maximum absolute atomic E-state index is 11.7. The lowest BCUT2D eigenvalue weighted by atomic mass is 10.1. The molecule has 0 saturated heterocycles. The number of halogens is 1. The van der Waals surface area contributed by atoms with Crippen LogP contribution in [0.15, 0.2) is 0 Å². The predicted octanol–water partition coefficient (Wildman–Crippen LogP) is 0.498.